The van der Waals surface area contributed by atoms with Crippen molar-refractivity contribution in [2.45, 2.75) is 31.0 Å². The smallest absolute Gasteiger partial charge is 0.222 e. The standard InChI is InChI=1S/C18H24N2O4/c21-17-11-18(23-10-7-19-17)5-8-20(9-6-18)12-14-13-22-15-3-1-2-4-16(15)24-14/h1-4,14H,5-13H2,(H,19,21). The van der Waals surface area contributed by atoms with Gasteiger partial charge in [-0.2, -0.15) is 0 Å². The van der Waals surface area contributed by atoms with Crippen LogP contribution in [0.2, 0.25) is 0 Å². The maximum Gasteiger partial charge on any atom is 0.222 e. The van der Waals surface area contributed by atoms with Crippen LogP contribution in [-0.2, 0) is 9.53 Å². The van der Waals surface area contributed by atoms with Crippen LogP contribution in [0.25, 0.3) is 0 Å². The van der Waals surface area contributed by atoms with Gasteiger partial charge in [0.2, 0.25) is 5.91 Å². The molecule has 1 N–H and O–H groups in total. The van der Waals surface area contributed by atoms with Crippen LogP contribution in [0.3, 0.4) is 0 Å². The summed E-state index contributed by atoms with van der Waals surface area (Å²) in [6, 6.07) is 7.80. The topological polar surface area (TPSA) is 60.0 Å². The fraction of sp³-hybridized carbons (Fsp3) is 0.611. The Morgan fingerprint density at radius 2 is 2.00 bits per heavy atom. The van der Waals surface area contributed by atoms with Gasteiger partial charge in [-0.15, -0.1) is 0 Å². The highest BCUT2D eigenvalue weighted by Gasteiger charge is 2.39. The summed E-state index contributed by atoms with van der Waals surface area (Å²) in [5.41, 5.74) is -0.270. The van der Waals surface area contributed by atoms with Crippen LogP contribution in [0.15, 0.2) is 24.3 Å². The van der Waals surface area contributed by atoms with Gasteiger partial charge in [-0.3, -0.25) is 9.69 Å². The van der Waals surface area contributed by atoms with E-state index in [0.717, 1.165) is 44.0 Å². The number of hydrogen-bond acceptors (Lipinski definition) is 5. The van der Waals surface area contributed by atoms with E-state index < -0.39 is 0 Å². The summed E-state index contributed by atoms with van der Waals surface area (Å²) in [6.45, 7) is 4.51. The Balaban J connectivity index is 1.31. The number of carbonyl (C=O) groups is 1. The van der Waals surface area contributed by atoms with Gasteiger partial charge in [-0.05, 0) is 25.0 Å². The second kappa shape index (κ2) is 6.61. The number of benzene rings is 1. The number of likely N-dealkylation sites (tertiary alicyclic amines) is 1. The molecule has 0 aromatic heterocycles. The molecule has 1 amide bonds. The van der Waals surface area contributed by atoms with Crippen molar-refractivity contribution in [2.75, 3.05) is 39.4 Å². The Bertz CT molecular complexity index is 598. The first-order valence-corrected chi connectivity index (χ1v) is 8.74. The van der Waals surface area contributed by atoms with E-state index in [4.69, 9.17) is 14.2 Å². The minimum atomic E-state index is -0.270. The summed E-state index contributed by atoms with van der Waals surface area (Å²) in [4.78, 5) is 14.2. The third-order valence-electron chi connectivity index (χ3n) is 5.11. The Morgan fingerprint density at radius 3 is 2.83 bits per heavy atom. The Morgan fingerprint density at radius 1 is 1.21 bits per heavy atom. The first kappa shape index (κ1) is 15.7. The van der Waals surface area contributed by atoms with Gasteiger partial charge in [-0.1, -0.05) is 12.1 Å². The summed E-state index contributed by atoms with van der Waals surface area (Å²) in [5.74, 6) is 1.76. The van der Waals surface area contributed by atoms with Gasteiger partial charge < -0.3 is 19.5 Å². The molecule has 24 heavy (non-hydrogen) atoms. The summed E-state index contributed by atoms with van der Waals surface area (Å²) >= 11 is 0. The van der Waals surface area contributed by atoms with E-state index in [0.29, 0.717) is 26.2 Å². The van der Waals surface area contributed by atoms with Crippen molar-refractivity contribution in [3.05, 3.63) is 24.3 Å². The Hall–Kier alpha value is -1.79. The van der Waals surface area contributed by atoms with E-state index in [-0.39, 0.29) is 17.6 Å². The quantitative estimate of drug-likeness (QED) is 0.882. The molecule has 1 spiro atoms. The molecule has 3 heterocycles. The highest BCUT2D eigenvalue weighted by atomic mass is 16.6. The Labute approximate surface area is 142 Å². The van der Waals surface area contributed by atoms with Crippen LogP contribution in [-0.4, -0.2) is 61.9 Å². The molecule has 0 saturated carbocycles. The minimum Gasteiger partial charge on any atom is -0.486 e. The third-order valence-corrected chi connectivity index (χ3v) is 5.11. The highest BCUT2D eigenvalue weighted by Crippen LogP contribution is 2.33. The van der Waals surface area contributed by atoms with Gasteiger partial charge in [0.1, 0.15) is 12.7 Å². The zero-order chi connectivity index (χ0) is 16.4. The first-order chi connectivity index (χ1) is 11.7. The lowest BCUT2D eigenvalue weighted by atomic mass is 9.87. The molecule has 1 aromatic carbocycles. The van der Waals surface area contributed by atoms with Crippen LogP contribution < -0.4 is 14.8 Å². The number of fused-ring (bicyclic) bond motifs is 1. The number of para-hydroxylation sites is 2. The average molecular weight is 332 g/mol. The number of nitrogens with one attached hydrogen (secondary N) is 1. The van der Waals surface area contributed by atoms with Gasteiger partial charge in [-0.25, -0.2) is 0 Å². The molecule has 4 rings (SSSR count). The molecule has 6 nitrogen and oxygen atoms in total. The molecule has 0 bridgehead atoms. The van der Waals surface area contributed by atoms with E-state index in [1.54, 1.807) is 0 Å². The average Bonchev–Trinajstić information content (AvgIpc) is 2.78. The van der Waals surface area contributed by atoms with Crippen molar-refractivity contribution < 1.29 is 19.0 Å². The van der Waals surface area contributed by atoms with Crippen LogP contribution in [0.5, 0.6) is 11.5 Å². The molecule has 0 aliphatic carbocycles. The van der Waals surface area contributed by atoms with Crippen molar-refractivity contribution in [3.63, 3.8) is 0 Å². The molecule has 1 aromatic rings. The van der Waals surface area contributed by atoms with Gasteiger partial charge in [0.25, 0.3) is 0 Å². The van der Waals surface area contributed by atoms with Crippen LogP contribution in [0.1, 0.15) is 19.3 Å². The molecule has 6 heteroatoms. The molecule has 3 aliphatic heterocycles. The van der Waals surface area contributed by atoms with Crippen LogP contribution in [0.4, 0.5) is 0 Å². The Kier molecular flexibility index (Phi) is 4.33. The number of ether oxygens (including phenoxy) is 3. The summed E-state index contributed by atoms with van der Waals surface area (Å²) < 4.78 is 17.9. The molecule has 3 aliphatic rings. The molecule has 0 radical (unpaired) electrons. The predicted octanol–water partition coefficient (Wildman–Crippen LogP) is 1.20. The summed E-state index contributed by atoms with van der Waals surface area (Å²) in [6.07, 6.45) is 2.32. The van der Waals surface area contributed by atoms with Gasteiger partial charge >= 0.3 is 0 Å². The van der Waals surface area contributed by atoms with Gasteiger partial charge in [0.15, 0.2) is 11.5 Å². The van der Waals surface area contributed by atoms with E-state index in [1.165, 1.54) is 0 Å². The molecule has 130 valence electrons. The number of nitrogens with zero attached hydrogens (tertiary/aromatic N) is 1. The number of carbonyl (C=O) groups excluding carboxylic acids is 1. The zero-order valence-electron chi connectivity index (χ0n) is 13.8. The lowest BCUT2D eigenvalue weighted by Gasteiger charge is -2.41. The first-order valence-electron chi connectivity index (χ1n) is 8.74. The fourth-order valence-electron chi connectivity index (χ4n) is 3.77. The molecular formula is C18H24N2O4. The second-order valence-corrected chi connectivity index (χ2v) is 6.86. The van der Waals surface area contributed by atoms with Crippen molar-refractivity contribution in [1.82, 2.24) is 10.2 Å². The maximum absolute atomic E-state index is 11.8. The normalized spacial score (nSPS) is 26.7. The fourth-order valence-corrected chi connectivity index (χ4v) is 3.77. The van der Waals surface area contributed by atoms with Crippen LogP contribution in [0, 0.1) is 0 Å². The second-order valence-electron chi connectivity index (χ2n) is 6.86. The number of amides is 1. The van der Waals surface area contributed by atoms with Crippen molar-refractivity contribution in [3.8, 4) is 11.5 Å². The van der Waals surface area contributed by atoms with E-state index >= 15 is 0 Å². The van der Waals surface area contributed by atoms with E-state index in [2.05, 4.69) is 10.2 Å². The van der Waals surface area contributed by atoms with Gasteiger partial charge in [0.05, 0.1) is 18.6 Å². The number of hydrogen-bond donors (Lipinski definition) is 1. The summed E-state index contributed by atoms with van der Waals surface area (Å²) in [7, 11) is 0. The zero-order valence-corrected chi connectivity index (χ0v) is 13.8. The molecular weight excluding hydrogens is 308 g/mol. The van der Waals surface area contributed by atoms with Crippen LogP contribution >= 0.6 is 0 Å². The van der Waals surface area contributed by atoms with E-state index in [9.17, 15) is 4.79 Å². The predicted molar refractivity (Wildman–Crippen MR) is 88.3 cm³/mol. The summed E-state index contributed by atoms with van der Waals surface area (Å²) in [5, 5.41) is 2.89. The monoisotopic (exact) mass is 332 g/mol. The lowest BCUT2D eigenvalue weighted by Crippen LogP contribution is -2.50. The minimum absolute atomic E-state index is 0.0484. The third kappa shape index (κ3) is 3.35. The highest BCUT2D eigenvalue weighted by molar-refractivity contribution is 5.77. The maximum atomic E-state index is 11.8. The largest absolute Gasteiger partial charge is 0.486 e. The molecule has 1 atom stereocenters. The SMILES string of the molecule is O=C1CC2(CCN(CC3COc4ccccc4O3)CC2)OCCN1. The molecule has 2 fully saturated rings. The molecule has 1 unspecified atom stereocenters. The van der Waals surface area contributed by atoms with Crippen molar-refractivity contribution in [2.24, 2.45) is 0 Å². The van der Waals surface area contributed by atoms with Crippen molar-refractivity contribution >= 4 is 5.91 Å². The van der Waals surface area contributed by atoms with Gasteiger partial charge in [0, 0.05) is 26.2 Å². The number of piperidine rings is 1. The van der Waals surface area contributed by atoms with E-state index in [1.807, 2.05) is 24.3 Å². The lowest BCUT2D eigenvalue weighted by molar-refractivity contribution is -0.129. The molecule has 2 saturated heterocycles. The number of rotatable bonds is 2. The van der Waals surface area contributed by atoms with Crippen molar-refractivity contribution in [1.29, 1.82) is 0 Å².